The van der Waals surface area contributed by atoms with Crippen molar-refractivity contribution in [2.24, 2.45) is 5.10 Å². The van der Waals surface area contributed by atoms with Crippen LogP contribution in [0.5, 0.6) is 0 Å². The number of thiazole rings is 1. The van der Waals surface area contributed by atoms with E-state index in [1.807, 2.05) is 35.9 Å². The summed E-state index contributed by atoms with van der Waals surface area (Å²) >= 11 is 4.99. The number of hydrogen-bond donors (Lipinski definition) is 1. The Labute approximate surface area is 166 Å². The fraction of sp³-hybridized carbons (Fsp3) is 0.200. The van der Waals surface area contributed by atoms with Crippen molar-refractivity contribution in [3.05, 3.63) is 63.9 Å². The molecule has 1 aromatic heterocycles. The van der Waals surface area contributed by atoms with Crippen LogP contribution in [-0.4, -0.2) is 24.3 Å². The van der Waals surface area contributed by atoms with Crippen LogP contribution in [-0.2, 0) is 0 Å². The van der Waals surface area contributed by atoms with Crippen molar-refractivity contribution in [2.75, 3.05) is 23.4 Å². The normalized spacial score (nSPS) is 11.0. The molecule has 0 aliphatic rings. The smallest absolute Gasteiger partial charge is 0.203 e. The quantitative estimate of drug-likeness (QED) is 0.378. The molecule has 0 aliphatic heterocycles. The van der Waals surface area contributed by atoms with E-state index in [9.17, 15) is 0 Å². The third-order valence-corrected chi connectivity index (χ3v) is 5.32. The molecule has 0 bridgehead atoms. The molecule has 3 rings (SSSR count). The molecule has 0 aliphatic carbocycles. The molecule has 0 spiro atoms. The van der Waals surface area contributed by atoms with Gasteiger partial charge in [-0.1, -0.05) is 40.2 Å². The summed E-state index contributed by atoms with van der Waals surface area (Å²) < 4.78 is 1.06. The van der Waals surface area contributed by atoms with E-state index in [1.165, 1.54) is 5.69 Å². The second kappa shape index (κ2) is 8.96. The molecule has 0 atom stereocenters. The Morgan fingerprint density at radius 2 is 1.77 bits per heavy atom. The van der Waals surface area contributed by atoms with Crippen LogP contribution in [0.15, 0.2) is 63.5 Å². The first-order chi connectivity index (χ1) is 12.7. The first-order valence-electron chi connectivity index (χ1n) is 8.55. The first kappa shape index (κ1) is 18.6. The van der Waals surface area contributed by atoms with E-state index in [4.69, 9.17) is 0 Å². The van der Waals surface area contributed by atoms with Crippen molar-refractivity contribution < 1.29 is 0 Å². The van der Waals surface area contributed by atoms with Crippen molar-refractivity contribution in [3.63, 3.8) is 0 Å². The molecule has 2 aromatic carbocycles. The van der Waals surface area contributed by atoms with Gasteiger partial charge in [0, 0.05) is 34.2 Å². The molecule has 0 saturated heterocycles. The predicted octanol–water partition coefficient (Wildman–Crippen LogP) is 5.86. The maximum absolute atomic E-state index is 4.57. The Balaban J connectivity index is 1.61. The van der Waals surface area contributed by atoms with Crippen LogP contribution >= 0.6 is 27.3 Å². The van der Waals surface area contributed by atoms with E-state index in [1.54, 1.807) is 11.3 Å². The lowest BCUT2D eigenvalue weighted by molar-refractivity contribution is 0.866. The van der Waals surface area contributed by atoms with Crippen molar-refractivity contribution in [1.82, 2.24) is 4.98 Å². The molecule has 0 fully saturated rings. The zero-order chi connectivity index (χ0) is 18.4. The summed E-state index contributed by atoms with van der Waals surface area (Å²) in [6, 6.07) is 16.5. The largest absolute Gasteiger partial charge is 0.372 e. The molecular weight excluding hydrogens is 408 g/mol. The molecule has 26 heavy (non-hydrogen) atoms. The van der Waals surface area contributed by atoms with E-state index in [-0.39, 0.29) is 0 Å². The van der Waals surface area contributed by atoms with Gasteiger partial charge in [0.2, 0.25) is 5.13 Å². The van der Waals surface area contributed by atoms with Gasteiger partial charge >= 0.3 is 0 Å². The standard InChI is InChI=1S/C20H21BrN4S/c1-3-25(4-2)18-11-5-15(6-12-18)13-22-24-20-23-19(14-26-20)16-7-9-17(21)10-8-16/h5-14H,3-4H2,1-2H3,(H,23,24)/b22-13+. The average molecular weight is 429 g/mol. The van der Waals surface area contributed by atoms with Gasteiger partial charge in [-0.2, -0.15) is 5.10 Å². The molecule has 0 saturated carbocycles. The highest BCUT2D eigenvalue weighted by Crippen LogP contribution is 2.26. The van der Waals surface area contributed by atoms with Crippen LogP contribution in [0.2, 0.25) is 0 Å². The molecular formula is C20H21BrN4S. The molecule has 134 valence electrons. The van der Waals surface area contributed by atoms with Gasteiger partial charge in [-0.05, 0) is 43.7 Å². The highest BCUT2D eigenvalue weighted by Gasteiger charge is 2.04. The van der Waals surface area contributed by atoms with Crippen molar-refractivity contribution in [1.29, 1.82) is 0 Å². The van der Waals surface area contributed by atoms with Gasteiger partial charge in [0.15, 0.2) is 0 Å². The van der Waals surface area contributed by atoms with Crippen LogP contribution in [0.25, 0.3) is 11.3 Å². The lowest BCUT2D eigenvalue weighted by Crippen LogP contribution is -2.21. The number of anilines is 2. The zero-order valence-corrected chi connectivity index (χ0v) is 17.2. The van der Waals surface area contributed by atoms with Crippen molar-refractivity contribution in [2.45, 2.75) is 13.8 Å². The first-order valence-corrected chi connectivity index (χ1v) is 10.2. The summed E-state index contributed by atoms with van der Waals surface area (Å²) in [6.45, 7) is 6.35. The number of hydrogen-bond acceptors (Lipinski definition) is 5. The third kappa shape index (κ3) is 4.71. The predicted molar refractivity (Wildman–Crippen MR) is 116 cm³/mol. The number of nitrogens with zero attached hydrogens (tertiary/aromatic N) is 3. The molecule has 3 aromatic rings. The number of aromatic nitrogens is 1. The maximum Gasteiger partial charge on any atom is 0.203 e. The molecule has 0 radical (unpaired) electrons. The topological polar surface area (TPSA) is 40.5 Å². The lowest BCUT2D eigenvalue weighted by atomic mass is 10.2. The fourth-order valence-corrected chi connectivity index (χ4v) is 3.53. The second-order valence-electron chi connectivity index (χ2n) is 5.68. The zero-order valence-electron chi connectivity index (χ0n) is 14.8. The SMILES string of the molecule is CCN(CC)c1ccc(/C=N/Nc2nc(-c3ccc(Br)cc3)cs2)cc1. The molecule has 0 amide bonds. The molecule has 4 nitrogen and oxygen atoms in total. The summed E-state index contributed by atoms with van der Waals surface area (Å²) in [4.78, 5) is 6.89. The highest BCUT2D eigenvalue weighted by atomic mass is 79.9. The summed E-state index contributed by atoms with van der Waals surface area (Å²) in [7, 11) is 0. The Morgan fingerprint density at radius 3 is 2.42 bits per heavy atom. The Bertz CT molecular complexity index is 852. The van der Waals surface area contributed by atoms with E-state index in [0.717, 1.165) is 39.5 Å². The third-order valence-electron chi connectivity index (χ3n) is 4.04. The Kier molecular flexibility index (Phi) is 6.41. The molecule has 6 heteroatoms. The van der Waals surface area contributed by atoms with Gasteiger partial charge in [0.1, 0.15) is 0 Å². The molecule has 0 unspecified atom stereocenters. The summed E-state index contributed by atoms with van der Waals surface area (Å²) in [5.41, 5.74) is 7.34. The van der Waals surface area contributed by atoms with Crippen LogP contribution in [0.1, 0.15) is 19.4 Å². The van der Waals surface area contributed by atoms with Crippen LogP contribution in [0, 0.1) is 0 Å². The minimum Gasteiger partial charge on any atom is -0.372 e. The molecule has 1 heterocycles. The van der Waals surface area contributed by atoms with E-state index < -0.39 is 0 Å². The Morgan fingerprint density at radius 1 is 1.08 bits per heavy atom. The van der Waals surface area contributed by atoms with Crippen LogP contribution in [0.4, 0.5) is 10.8 Å². The number of nitrogens with one attached hydrogen (secondary N) is 1. The van der Waals surface area contributed by atoms with E-state index in [2.05, 4.69) is 74.5 Å². The molecule has 1 N–H and O–H groups in total. The van der Waals surface area contributed by atoms with Crippen LogP contribution in [0.3, 0.4) is 0 Å². The second-order valence-corrected chi connectivity index (χ2v) is 7.45. The summed E-state index contributed by atoms with van der Waals surface area (Å²) in [5.74, 6) is 0. The summed E-state index contributed by atoms with van der Waals surface area (Å²) in [5, 5.41) is 7.10. The number of halogens is 1. The van der Waals surface area contributed by atoms with Crippen molar-refractivity contribution >= 4 is 44.3 Å². The van der Waals surface area contributed by atoms with Crippen LogP contribution < -0.4 is 10.3 Å². The minimum atomic E-state index is 0.777. The van der Waals surface area contributed by atoms with E-state index in [0.29, 0.717) is 0 Å². The average Bonchev–Trinajstić information content (AvgIpc) is 3.13. The van der Waals surface area contributed by atoms with Gasteiger partial charge in [0.25, 0.3) is 0 Å². The lowest BCUT2D eigenvalue weighted by Gasteiger charge is -2.20. The van der Waals surface area contributed by atoms with Gasteiger partial charge in [-0.3, -0.25) is 5.43 Å². The number of rotatable bonds is 7. The van der Waals surface area contributed by atoms with Gasteiger partial charge < -0.3 is 4.90 Å². The van der Waals surface area contributed by atoms with Gasteiger partial charge in [-0.15, -0.1) is 11.3 Å². The van der Waals surface area contributed by atoms with Gasteiger partial charge in [0.05, 0.1) is 11.9 Å². The monoisotopic (exact) mass is 428 g/mol. The number of benzene rings is 2. The van der Waals surface area contributed by atoms with Crippen molar-refractivity contribution in [3.8, 4) is 11.3 Å². The fourth-order valence-electron chi connectivity index (χ4n) is 2.60. The summed E-state index contributed by atoms with van der Waals surface area (Å²) in [6.07, 6.45) is 1.81. The Hall–Kier alpha value is -2.18. The van der Waals surface area contributed by atoms with Gasteiger partial charge in [-0.25, -0.2) is 4.98 Å². The van der Waals surface area contributed by atoms with E-state index >= 15 is 0 Å². The highest BCUT2D eigenvalue weighted by molar-refractivity contribution is 9.10. The maximum atomic E-state index is 4.57. The number of hydrazone groups is 1. The minimum absolute atomic E-state index is 0.777.